The number of rotatable bonds is 8. The maximum atomic E-state index is 15.1. The molecule has 41 heavy (non-hydrogen) atoms. The van der Waals surface area contributed by atoms with Gasteiger partial charge in [-0.15, -0.1) is 0 Å². The van der Waals surface area contributed by atoms with Crippen LogP contribution >= 0.6 is 11.6 Å². The Labute approximate surface area is 243 Å². The monoisotopic (exact) mass is 580 g/mol. The molecule has 11 heteroatoms. The Morgan fingerprint density at radius 2 is 2.00 bits per heavy atom. The quantitative estimate of drug-likeness (QED) is 0.250. The van der Waals surface area contributed by atoms with Crippen LogP contribution in [0, 0.1) is 17.7 Å². The summed E-state index contributed by atoms with van der Waals surface area (Å²) >= 11 is 6.49. The van der Waals surface area contributed by atoms with E-state index in [9.17, 15) is 9.59 Å². The maximum Gasteiger partial charge on any atom is 0.306 e. The number of nitrogens with zero attached hydrogens (tertiary/aromatic N) is 5. The highest BCUT2D eigenvalue weighted by Crippen LogP contribution is 2.36. The zero-order valence-corrected chi connectivity index (χ0v) is 24.4. The molecule has 0 spiro atoms. The van der Waals surface area contributed by atoms with Gasteiger partial charge in [-0.05, 0) is 60.9 Å². The second kappa shape index (κ2) is 12.0. The van der Waals surface area contributed by atoms with Crippen LogP contribution in [0.3, 0.4) is 0 Å². The van der Waals surface area contributed by atoms with Crippen LogP contribution in [0.25, 0.3) is 22.0 Å². The first-order valence-electron chi connectivity index (χ1n) is 13.9. The Bertz CT molecular complexity index is 1600. The molecular weight excluding hydrogens is 547 g/mol. The molecule has 0 saturated heterocycles. The fraction of sp³-hybridized carbons (Fsp3) is 0.433. The first-order valence-corrected chi connectivity index (χ1v) is 14.2. The molecular formula is C30H34ClFN6O3. The minimum absolute atomic E-state index is 0.0637. The summed E-state index contributed by atoms with van der Waals surface area (Å²) < 4.78 is 23.9. The van der Waals surface area contributed by atoms with Crippen molar-refractivity contribution >= 4 is 40.2 Å². The number of ether oxygens (including phenoxy) is 1. The Kier molecular flexibility index (Phi) is 8.40. The fourth-order valence-corrected chi connectivity index (χ4v) is 5.99. The van der Waals surface area contributed by atoms with Gasteiger partial charge in [-0.2, -0.15) is 10.2 Å². The number of carbonyl (C=O) groups is 2. The molecule has 5 rings (SSSR count). The van der Waals surface area contributed by atoms with Crippen molar-refractivity contribution in [3.63, 3.8) is 0 Å². The fourth-order valence-electron chi connectivity index (χ4n) is 5.77. The first-order chi connectivity index (χ1) is 19.6. The predicted octanol–water partition coefficient (Wildman–Crippen LogP) is 6.16. The van der Waals surface area contributed by atoms with Crippen LogP contribution in [0.15, 0.2) is 36.7 Å². The van der Waals surface area contributed by atoms with E-state index in [1.807, 2.05) is 34.0 Å². The van der Waals surface area contributed by atoms with E-state index >= 15 is 4.39 Å². The standard InChI is InChI=1S/C30H34ClFN6O3/c1-17(2)29-23-12-20(13-25(32)28(23)36-38(29)4)22-14-26(33-15-24(22)31)34-30(40)19-7-5-6-18(10-19)11-27(39)41-16-21-8-9-37(3)35-21/h8-9,12-15,17-19H,5-7,10-11,16H2,1-4H3,(H,33,34,40)/t18-,19+/m1/s1. The molecule has 2 atom stereocenters. The van der Waals surface area contributed by atoms with Crippen LogP contribution in [0.5, 0.6) is 0 Å². The number of anilines is 1. The van der Waals surface area contributed by atoms with Crippen molar-refractivity contribution in [3.8, 4) is 11.1 Å². The molecule has 1 amide bonds. The number of aromatic nitrogens is 5. The molecule has 3 heterocycles. The summed E-state index contributed by atoms with van der Waals surface area (Å²) in [5, 5.41) is 12.6. The van der Waals surface area contributed by atoms with Crippen molar-refractivity contribution in [2.24, 2.45) is 25.9 Å². The second-order valence-corrected chi connectivity index (χ2v) is 11.5. The van der Waals surface area contributed by atoms with Gasteiger partial charge in [-0.3, -0.25) is 19.0 Å². The Hall–Kier alpha value is -3.79. The minimum Gasteiger partial charge on any atom is -0.459 e. The maximum absolute atomic E-state index is 15.1. The van der Waals surface area contributed by atoms with Crippen molar-refractivity contribution in [3.05, 3.63) is 58.9 Å². The molecule has 1 N–H and O–H groups in total. The summed E-state index contributed by atoms with van der Waals surface area (Å²) in [7, 11) is 3.62. The Balaban J connectivity index is 1.26. The molecule has 1 aromatic carbocycles. The van der Waals surface area contributed by atoms with Gasteiger partial charge in [0.05, 0.1) is 10.7 Å². The molecule has 1 saturated carbocycles. The summed E-state index contributed by atoms with van der Waals surface area (Å²) in [5.74, 6) is -0.598. The highest BCUT2D eigenvalue weighted by molar-refractivity contribution is 6.33. The summed E-state index contributed by atoms with van der Waals surface area (Å²) in [6, 6.07) is 6.76. The number of hydrogen-bond acceptors (Lipinski definition) is 6. The third kappa shape index (κ3) is 6.43. The number of hydrogen-bond donors (Lipinski definition) is 1. The number of benzene rings is 1. The number of pyridine rings is 1. The molecule has 1 aliphatic rings. The van der Waals surface area contributed by atoms with Gasteiger partial charge >= 0.3 is 5.97 Å². The molecule has 3 aromatic heterocycles. The van der Waals surface area contributed by atoms with E-state index in [1.165, 1.54) is 12.3 Å². The highest BCUT2D eigenvalue weighted by atomic mass is 35.5. The average Bonchev–Trinajstić information content (AvgIpc) is 3.50. The third-order valence-corrected chi connectivity index (χ3v) is 7.96. The van der Waals surface area contributed by atoms with Crippen LogP contribution in [0.1, 0.15) is 63.3 Å². The number of aryl methyl sites for hydroxylation is 2. The molecule has 1 aliphatic carbocycles. The number of fused-ring (bicyclic) bond motifs is 1. The lowest BCUT2D eigenvalue weighted by Crippen LogP contribution is -2.29. The Morgan fingerprint density at radius 1 is 1.20 bits per heavy atom. The number of nitrogens with one attached hydrogen (secondary N) is 1. The summed E-state index contributed by atoms with van der Waals surface area (Å²) in [6.45, 7) is 4.21. The largest absolute Gasteiger partial charge is 0.459 e. The van der Waals surface area contributed by atoms with Crippen molar-refractivity contribution in [2.75, 3.05) is 5.32 Å². The van der Waals surface area contributed by atoms with Crippen LogP contribution in [-0.2, 0) is 35.0 Å². The molecule has 9 nitrogen and oxygen atoms in total. The lowest BCUT2D eigenvalue weighted by molar-refractivity contribution is -0.147. The van der Waals surface area contributed by atoms with Gasteiger partial charge in [-0.25, -0.2) is 9.37 Å². The molecule has 0 unspecified atom stereocenters. The van der Waals surface area contributed by atoms with Crippen LogP contribution in [-0.4, -0.2) is 36.4 Å². The van der Waals surface area contributed by atoms with Crippen molar-refractivity contribution in [2.45, 2.75) is 58.5 Å². The van der Waals surface area contributed by atoms with Gasteiger partial charge < -0.3 is 10.1 Å². The number of carbonyl (C=O) groups excluding carboxylic acids is 2. The van der Waals surface area contributed by atoms with Crippen LogP contribution in [0.4, 0.5) is 10.2 Å². The van der Waals surface area contributed by atoms with Gasteiger partial charge in [0, 0.05) is 55.5 Å². The summed E-state index contributed by atoms with van der Waals surface area (Å²) in [6.07, 6.45) is 6.55. The molecule has 216 valence electrons. The molecule has 0 aliphatic heterocycles. The lowest BCUT2D eigenvalue weighted by atomic mass is 9.79. The predicted molar refractivity (Wildman–Crippen MR) is 155 cm³/mol. The van der Waals surface area contributed by atoms with Gasteiger partial charge in [0.1, 0.15) is 17.9 Å². The smallest absolute Gasteiger partial charge is 0.306 e. The van der Waals surface area contributed by atoms with Crippen molar-refractivity contribution < 1.29 is 18.7 Å². The Morgan fingerprint density at radius 3 is 2.73 bits per heavy atom. The average molecular weight is 581 g/mol. The summed E-state index contributed by atoms with van der Waals surface area (Å²) in [4.78, 5) is 29.9. The van der Waals surface area contributed by atoms with Crippen LogP contribution in [0.2, 0.25) is 5.02 Å². The second-order valence-electron chi connectivity index (χ2n) is 11.1. The van der Waals surface area contributed by atoms with Crippen LogP contribution < -0.4 is 5.32 Å². The molecule has 4 aromatic rings. The number of halogens is 2. The van der Waals surface area contributed by atoms with Gasteiger partial charge in [0.15, 0.2) is 5.82 Å². The first kappa shape index (κ1) is 28.7. The van der Waals surface area contributed by atoms with E-state index in [0.717, 1.165) is 30.3 Å². The van der Waals surface area contributed by atoms with Gasteiger partial charge in [0.25, 0.3) is 0 Å². The highest BCUT2D eigenvalue weighted by Gasteiger charge is 2.29. The molecule has 0 radical (unpaired) electrons. The van der Waals surface area contributed by atoms with E-state index in [1.54, 1.807) is 27.7 Å². The zero-order chi connectivity index (χ0) is 29.3. The van der Waals surface area contributed by atoms with Crippen molar-refractivity contribution in [1.82, 2.24) is 24.5 Å². The van der Waals surface area contributed by atoms with E-state index in [4.69, 9.17) is 16.3 Å². The lowest BCUT2D eigenvalue weighted by Gasteiger charge is -2.27. The zero-order valence-electron chi connectivity index (χ0n) is 23.7. The number of amides is 1. The van der Waals surface area contributed by atoms with E-state index in [0.29, 0.717) is 39.6 Å². The normalized spacial score (nSPS) is 17.2. The minimum atomic E-state index is -0.440. The van der Waals surface area contributed by atoms with Gasteiger partial charge in [0.2, 0.25) is 5.91 Å². The molecule has 1 fully saturated rings. The van der Waals surface area contributed by atoms with E-state index < -0.39 is 5.82 Å². The molecule has 0 bridgehead atoms. The van der Waals surface area contributed by atoms with Gasteiger partial charge in [-0.1, -0.05) is 31.9 Å². The van der Waals surface area contributed by atoms with E-state index in [2.05, 4.69) is 20.5 Å². The number of esters is 1. The van der Waals surface area contributed by atoms with Crippen molar-refractivity contribution in [1.29, 1.82) is 0 Å². The third-order valence-electron chi connectivity index (χ3n) is 7.66. The SMILES string of the molecule is CC(C)c1c2cc(-c3cc(NC(=O)[C@H]4CCC[C@@H](CC(=O)OCc5ccn(C)n5)C4)ncc3Cl)cc(F)c2nn1C. The van der Waals surface area contributed by atoms with E-state index in [-0.39, 0.29) is 42.7 Å². The topological polar surface area (TPSA) is 104 Å². The summed E-state index contributed by atoms with van der Waals surface area (Å²) in [5.41, 5.74) is 3.07.